The Balaban J connectivity index is 0.000000924. The van der Waals surface area contributed by atoms with E-state index in [1.165, 1.54) is 7.11 Å². The third kappa shape index (κ3) is 2.69. The van der Waals surface area contributed by atoms with Crippen molar-refractivity contribution in [2.75, 3.05) is 12.8 Å². The zero-order valence-corrected chi connectivity index (χ0v) is 13.3. The van der Waals surface area contributed by atoms with Gasteiger partial charge in [-0.25, -0.2) is 0 Å². The highest BCUT2D eigenvalue weighted by atomic mass is 16.5. The van der Waals surface area contributed by atoms with Crippen molar-refractivity contribution in [1.29, 1.82) is 0 Å². The highest BCUT2D eigenvalue weighted by Crippen LogP contribution is 2.31. The number of hydrogen-bond donors (Lipinski definition) is 1. The molecule has 1 aromatic rings. The van der Waals surface area contributed by atoms with E-state index in [-0.39, 0.29) is 35.0 Å². The maximum Gasteiger partial charge on any atom is 0.264 e. The van der Waals surface area contributed by atoms with Crippen LogP contribution in [0.15, 0.2) is 23.2 Å². The van der Waals surface area contributed by atoms with E-state index in [0.29, 0.717) is 6.42 Å². The Labute approximate surface area is 134 Å². The van der Waals surface area contributed by atoms with Crippen LogP contribution in [-0.2, 0) is 9.53 Å². The number of nitrogens with two attached hydrogens (primary N) is 1. The highest BCUT2D eigenvalue weighted by Gasteiger charge is 2.44. The van der Waals surface area contributed by atoms with Crippen LogP contribution in [0.3, 0.4) is 0 Å². The second kappa shape index (κ2) is 6.60. The Morgan fingerprint density at radius 2 is 1.91 bits per heavy atom. The molecule has 0 aromatic heterocycles. The molecule has 2 aliphatic heterocycles. The van der Waals surface area contributed by atoms with Crippen LogP contribution in [0.4, 0.5) is 5.69 Å². The second-order valence-corrected chi connectivity index (χ2v) is 4.85. The first-order valence-electron chi connectivity index (χ1n) is 7.46. The summed E-state index contributed by atoms with van der Waals surface area (Å²) in [5.41, 5.74) is 6.52. The van der Waals surface area contributed by atoms with Crippen molar-refractivity contribution in [3.63, 3.8) is 0 Å². The van der Waals surface area contributed by atoms with Gasteiger partial charge in [0.2, 0.25) is 11.8 Å². The van der Waals surface area contributed by atoms with Gasteiger partial charge in [-0.3, -0.25) is 19.3 Å². The molecule has 0 fully saturated rings. The van der Waals surface area contributed by atoms with E-state index < -0.39 is 17.9 Å². The summed E-state index contributed by atoms with van der Waals surface area (Å²) < 4.78 is 5.06. The number of amides is 3. The molecule has 3 amide bonds. The normalized spacial score (nSPS) is 19.8. The lowest BCUT2D eigenvalue weighted by Gasteiger charge is -2.28. The Kier molecular flexibility index (Phi) is 4.78. The summed E-state index contributed by atoms with van der Waals surface area (Å²) in [6.07, 6.45) is 0.470. The van der Waals surface area contributed by atoms with Crippen molar-refractivity contribution in [2.45, 2.75) is 32.7 Å². The molecule has 0 saturated carbocycles. The van der Waals surface area contributed by atoms with Gasteiger partial charge < -0.3 is 10.5 Å². The Morgan fingerprint density at radius 3 is 2.52 bits per heavy atom. The van der Waals surface area contributed by atoms with Crippen molar-refractivity contribution in [3.05, 3.63) is 29.3 Å². The first-order chi connectivity index (χ1) is 11.0. The predicted molar refractivity (Wildman–Crippen MR) is 85.2 cm³/mol. The van der Waals surface area contributed by atoms with Gasteiger partial charge in [0.1, 0.15) is 6.04 Å². The predicted octanol–water partition coefficient (Wildman–Crippen LogP) is 1.62. The minimum Gasteiger partial charge on any atom is -0.482 e. The Morgan fingerprint density at radius 1 is 1.22 bits per heavy atom. The molecule has 2 aliphatic rings. The van der Waals surface area contributed by atoms with Gasteiger partial charge in [-0.1, -0.05) is 19.9 Å². The zero-order chi connectivity index (χ0) is 17.1. The fraction of sp³-hybridized carbons (Fsp3) is 0.375. The highest BCUT2D eigenvalue weighted by molar-refractivity contribution is 6.25. The van der Waals surface area contributed by atoms with E-state index in [2.05, 4.69) is 4.99 Å². The van der Waals surface area contributed by atoms with E-state index in [1.807, 2.05) is 13.8 Å². The van der Waals surface area contributed by atoms with Crippen LogP contribution in [0.2, 0.25) is 0 Å². The van der Waals surface area contributed by atoms with Crippen LogP contribution in [-0.4, -0.2) is 41.7 Å². The van der Waals surface area contributed by atoms with Crippen LogP contribution < -0.4 is 5.73 Å². The lowest BCUT2D eigenvalue weighted by molar-refractivity contribution is -0.118. The number of nitrogen functional groups attached to an aromatic ring is 1. The van der Waals surface area contributed by atoms with Gasteiger partial charge in [0.15, 0.2) is 0 Å². The Hall–Kier alpha value is -2.70. The molecule has 0 radical (unpaired) electrons. The number of imide groups is 1. The van der Waals surface area contributed by atoms with Crippen molar-refractivity contribution >= 4 is 29.3 Å². The minimum atomic E-state index is -0.667. The summed E-state index contributed by atoms with van der Waals surface area (Å²) in [5, 5.41) is 0. The monoisotopic (exact) mass is 317 g/mol. The number of anilines is 1. The molecule has 2 N–H and O–H groups in total. The topological polar surface area (TPSA) is 102 Å². The molecule has 23 heavy (non-hydrogen) atoms. The molecule has 1 unspecified atom stereocenters. The van der Waals surface area contributed by atoms with Gasteiger partial charge in [-0.05, 0) is 18.6 Å². The van der Waals surface area contributed by atoms with E-state index in [1.54, 1.807) is 18.2 Å². The maximum atomic E-state index is 12.5. The van der Waals surface area contributed by atoms with Crippen LogP contribution in [0, 0.1) is 0 Å². The average Bonchev–Trinajstić information content (AvgIpc) is 2.82. The molecule has 2 heterocycles. The van der Waals surface area contributed by atoms with Gasteiger partial charge in [0, 0.05) is 12.1 Å². The molecule has 3 rings (SSSR count). The van der Waals surface area contributed by atoms with Gasteiger partial charge in [-0.2, -0.15) is 4.99 Å². The molecule has 1 atom stereocenters. The minimum absolute atomic E-state index is 0.0827. The first kappa shape index (κ1) is 16.7. The summed E-state index contributed by atoms with van der Waals surface area (Å²) in [5.74, 6) is -1.15. The van der Waals surface area contributed by atoms with Crippen molar-refractivity contribution in [3.8, 4) is 0 Å². The number of methoxy groups -OCH3 is 1. The zero-order valence-electron chi connectivity index (χ0n) is 13.3. The van der Waals surface area contributed by atoms with E-state index in [0.717, 1.165) is 4.90 Å². The molecule has 1 aromatic carbocycles. The molecular weight excluding hydrogens is 298 g/mol. The van der Waals surface area contributed by atoms with Crippen LogP contribution in [0.5, 0.6) is 0 Å². The molecular formula is C16H19N3O4. The molecule has 0 aliphatic carbocycles. The molecule has 7 nitrogen and oxygen atoms in total. The van der Waals surface area contributed by atoms with Gasteiger partial charge in [0.05, 0.1) is 18.2 Å². The number of ether oxygens (including phenoxy) is 1. The van der Waals surface area contributed by atoms with Crippen LogP contribution >= 0.6 is 0 Å². The number of nitrogens with zero attached hydrogens (tertiary/aromatic N) is 2. The summed E-state index contributed by atoms with van der Waals surface area (Å²) in [4.78, 5) is 41.1. The van der Waals surface area contributed by atoms with E-state index in [4.69, 9.17) is 10.5 Å². The fourth-order valence-electron chi connectivity index (χ4n) is 2.67. The standard InChI is InChI=1S/C14H13N3O4.C2H6/c1-21-12-9(5-6-10(18)16-12)17-13(19)7-3-2-4-8(15)11(7)14(17)20;1-2/h2-4,9H,5-6,15H2,1H3;1-2H3. The average molecular weight is 317 g/mol. The number of carbonyl (C=O) groups excluding carboxylic acids is 3. The van der Waals surface area contributed by atoms with Gasteiger partial charge in [0.25, 0.3) is 11.8 Å². The number of fused-ring (bicyclic) bond motifs is 1. The van der Waals surface area contributed by atoms with Gasteiger partial charge in [-0.15, -0.1) is 0 Å². The van der Waals surface area contributed by atoms with E-state index >= 15 is 0 Å². The summed E-state index contributed by atoms with van der Waals surface area (Å²) in [6.45, 7) is 4.00. The third-order valence-corrected chi connectivity index (χ3v) is 3.65. The number of benzene rings is 1. The third-order valence-electron chi connectivity index (χ3n) is 3.65. The van der Waals surface area contributed by atoms with Crippen LogP contribution in [0.25, 0.3) is 0 Å². The lowest BCUT2D eigenvalue weighted by Crippen LogP contribution is -2.47. The molecule has 7 heteroatoms. The number of carbonyl (C=O) groups is 3. The first-order valence-corrected chi connectivity index (χ1v) is 7.46. The molecule has 0 bridgehead atoms. The van der Waals surface area contributed by atoms with Crippen LogP contribution in [0.1, 0.15) is 47.4 Å². The van der Waals surface area contributed by atoms with Crippen molar-refractivity contribution in [1.82, 2.24) is 4.90 Å². The smallest absolute Gasteiger partial charge is 0.264 e. The van der Waals surface area contributed by atoms with Gasteiger partial charge >= 0.3 is 0 Å². The lowest BCUT2D eigenvalue weighted by atomic mass is 10.1. The summed E-state index contributed by atoms with van der Waals surface area (Å²) in [7, 11) is 1.36. The summed E-state index contributed by atoms with van der Waals surface area (Å²) in [6, 6.07) is 4.09. The SMILES string of the molecule is CC.COC1=NC(=O)CCC1N1C(=O)c2cccc(N)c2C1=O. The molecule has 0 saturated heterocycles. The molecule has 0 spiro atoms. The maximum absolute atomic E-state index is 12.5. The largest absolute Gasteiger partial charge is 0.482 e. The Bertz CT molecular complexity index is 697. The molecule has 122 valence electrons. The number of aliphatic imine (C=N–C) groups is 1. The summed E-state index contributed by atoms with van der Waals surface area (Å²) >= 11 is 0. The fourth-order valence-corrected chi connectivity index (χ4v) is 2.67. The number of rotatable bonds is 1. The van der Waals surface area contributed by atoms with E-state index in [9.17, 15) is 14.4 Å². The second-order valence-electron chi connectivity index (χ2n) is 4.85. The van der Waals surface area contributed by atoms with Crippen molar-refractivity contribution in [2.24, 2.45) is 4.99 Å². The number of hydrogen-bond acceptors (Lipinski definition) is 5. The van der Waals surface area contributed by atoms with Crippen molar-refractivity contribution < 1.29 is 19.1 Å². The quantitative estimate of drug-likeness (QED) is 0.626.